The van der Waals surface area contributed by atoms with E-state index in [4.69, 9.17) is 4.74 Å². The summed E-state index contributed by atoms with van der Waals surface area (Å²) in [6.45, 7) is 8.65. The molecule has 0 bridgehead atoms. The Balaban J connectivity index is 1.52. The van der Waals surface area contributed by atoms with Gasteiger partial charge in [0.1, 0.15) is 6.17 Å². The van der Waals surface area contributed by atoms with Gasteiger partial charge in [-0.25, -0.2) is 8.78 Å². The van der Waals surface area contributed by atoms with E-state index >= 15 is 8.78 Å². The van der Waals surface area contributed by atoms with Crippen LogP contribution in [0.3, 0.4) is 0 Å². The Morgan fingerprint density at radius 2 is 1.77 bits per heavy atom. The van der Waals surface area contributed by atoms with Gasteiger partial charge in [-0.3, -0.25) is 19.2 Å². The van der Waals surface area contributed by atoms with Crippen LogP contribution in [-0.2, 0) is 25.5 Å². The van der Waals surface area contributed by atoms with Crippen molar-refractivity contribution in [3.8, 4) is 0 Å². The fourth-order valence-corrected chi connectivity index (χ4v) is 9.84. The molecule has 0 aliphatic heterocycles. The van der Waals surface area contributed by atoms with Crippen molar-refractivity contribution in [1.82, 2.24) is 0 Å². The molecule has 3 saturated carbocycles. The summed E-state index contributed by atoms with van der Waals surface area (Å²) in [5.41, 5.74) is -5.31. The lowest BCUT2D eigenvalue weighted by molar-refractivity contribution is -0.228. The maximum absolute atomic E-state index is 17.6. The topological polar surface area (TPSA) is 97.7 Å². The highest BCUT2D eigenvalue weighted by molar-refractivity contribution is 8.14. The highest BCUT2D eigenvalue weighted by atomic mass is 32.2. The summed E-state index contributed by atoms with van der Waals surface area (Å²) in [6, 6.07) is 7.17. The van der Waals surface area contributed by atoms with E-state index in [0.29, 0.717) is 5.56 Å². The predicted octanol–water partition coefficient (Wildman–Crippen LogP) is 5.95. The Bertz CT molecular complexity index is 1410. The van der Waals surface area contributed by atoms with Crippen LogP contribution >= 0.6 is 11.8 Å². The van der Waals surface area contributed by atoms with Gasteiger partial charge >= 0.3 is 5.97 Å². The number of fused-ring (bicyclic) bond motifs is 5. The number of hydrogen-bond donors (Lipinski definition) is 1. The van der Waals surface area contributed by atoms with E-state index in [9.17, 15) is 24.3 Å². The molecule has 4 aliphatic rings. The number of rotatable bonds is 7. The van der Waals surface area contributed by atoms with Crippen molar-refractivity contribution in [2.45, 2.75) is 90.3 Å². The molecule has 4 aliphatic carbocycles. The number of allylic oxidation sites excluding steroid dienone is 4. The molecule has 0 spiro atoms. The molecule has 0 saturated heterocycles. The highest BCUT2D eigenvalue weighted by Crippen LogP contribution is 2.72. The molecule has 9 atom stereocenters. The number of thioether (sulfide) groups is 1. The van der Waals surface area contributed by atoms with Gasteiger partial charge in [0.25, 0.3) is 0 Å². The molecular formula is C34H40F2O6S. The van der Waals surface area contributed by atoms with Crippen LogP contribution < -0.4 is 0 Å². The Hall–Kier alpha value is -2.65. The molecule has 5 rings (SSSR count). The van der Waals surface area contributed by atoms with E-state index in [-0.39, 0.29) is 42.8 Å². The molecule has 0 heterocycles. The quantitative estimate of drug-likeness (QED) is 0.300. The number of carbonyl (C=O) groups is 4. The minimum Gasteiger partial charge on any atom is -0.449 e. The fraction of sp³-hybridized carbons (Fsp3) is 0.588. The van der Waals surface area contributed by atoms with Crippen LogP contribution in [0.5, 0.6) is 0 Å². The number of aryl methyl sites for hydroxylation is 1. The van der Waals surface area contributed by atoms with Crippen molar-refractivity contribution < 1.29 is 37.8 Å². The first-order chi connectivity index (χ1) is 20.2. The number of hydrogen-bond acceptors (Lipinski definition) is 7. The highest BCUT2D eigenvalue weighted by Gasteiger charge is 2.78. The van der Waals surface area contributed by atoms with Crippen LogP contribution in [0, 0.1) is 28.6 Å². The third kappa shape index (κ3) is 4.51. The molecule has 0 unspecified atom stereocenters. The smallest absolute Gasteiger partial charge is 0.306 e. The number of Topliss-reactive ketones (excluding diaryl/α,β-unsaturated/α-hetero) is 1. The van der Waals surface area contributed by atoms with Crippen LogP contribution in [0.15, 0.2) is 48.1 Å². The van der Waals surface area contributed by atoms with E-state index in [0.717, 1.165) is 29.8 Å². The average molecular weight is 615 g/mol. The number of aliphatic hydroxyl groups is 1. The summed E-state index contributed by atoms with van der Waals surface area (Å²) in [6.07, 6.45) is 1.07. The van der Waals surface area contributed by atoms with E-state index in [1.54, 1.807) is 32.9 Å². The number of carbonyl (C=O) groups excluding carboxylic acids is 4. The largest absolute Gasteiger partial charge is 0.449 e. The second-order valence-corrected chi connectivity index (χ2v) is 14.1. The molecule has 0 aromatic heterocycles. The molecular weight excluding hydrogens is 574 g/mol. The van der Waals surface area contributed by atoms with Gasteiger partial charge in [-0.05, 0) is 61.8 Å². The zero-order valence-electron chi connectivity index (χ0n) is 25.3. The average Bonchev–Trinajstić information content (AvgIpc) is 3.20. The van der Waals surface area contributed by atoms with Gasteiger partial charge in [0.2, 0.25) is 5.12 Å². The summed E-state index contributed by atoms with van der Waals surface area (Å²) in [7, 11) is 0. The zero-order chi connectivity index (χ0) is 31.5. The van der Waals surface area contributed by atoms with Gasteiger partial charge < -0.3 is 9.84 Å². The zero-order valence-corrected chi connectivity index (χ0v) is 26.1. The minimum atomic E-state index is -2.32. The Labute approximate surface area is 255 Å². The van der Waals surface area contributed by atoms with E-state index < -0.39 is 69.0 Å². The number of aliphatic hydroxyl groups excluding tert-OH is 1. The van der Waals surface area contributed by atoms with E-state index in [1.807, 2.05) is 19.1 Å². The molecule has 3 fully saturated rings. The number of ketones is 2. The third-order valence-electron chi connectivity index (χ3n) is 11.1. The molecule has 9 heteroatoms. The Morgan fingerprint density at radius 1 is 1.09 bits per heavy atom. The van der Waals surface area contributed by atoms with Gasteiger partial charge in [-0.15, -0.1) is 0 Å². The van der Waals surface area contributed by atoms with E-state index in [2.05, 4.69) is 0 Å². The van der Waals surface area contributed by atoms with Crippen LogP contribution in [0.25, 0.3) is 0 Å². The number of halogens is 2. The summed E-state index contributed by atoms with van der Waals surface area (Å²) >= 11 is 0.771. The monoisotopic (exact) mass is 614 g/mol. The normalized spacial score (nSPS) is 39.8. The van der Waals surface area contributed by atoms with Gasteiger partial charge in [0.15, 0.2) is 22.8 Å². The minimum absolute atomic E-state index is 0.00744. The second kappa shape index (κ2) is 11.1. The van der Waals surface area contributed by atoms with Crippen molar-refractivity contribution in [2.24, 2.45) is 28.6 Å². The lowest BCUT2D eigenvalue weighted by atomic mass is 9.44. The first kappa shape index (κ1) is 31.8. The van der Waals surface area contributed by atoms with Crippen molar-refractivity contribution in [3.63, 3.8) is 0 Å². The predicted molar refractivity (Wildman–Crippen MR) is 160 cm³/mol. The molecule has 0 radical (unpaired) electrons. The van der Waals surface area contributed by atoms with Crippen LogP contribution in [-0.4, -0.2) is 57.1 Å². The van der Waals surface area contributed by atoms with Gasteiger partial charge in [-0.1, -0.05) is 69.8 Å². The van der Waals surface area contributed by atoms with Gasteiger partial charge in [0, 0.05) is 34.7 Å². The van der Waals surface area contributed by atoms with Crippen molar-refractivity contribution >= 4 is 34.4 Å². The molecule has 1 aromatic rings. The number of ether oxygens (including phenoxy) is 1. The van der Waals surface area contributed by atoms with Crippen molar-refractivity contribution in [1.29, 1.82) is 0 Å². The molecule has 6 nitrogen and oxygen atoms in total. The molecule has 43 heavy (non-hydrogen) atoms. The summed E-state index contributed by atoms with van der Waals surface area (Å²) in [4.78, 5) is 52.4. The third-order valence-corrected chi connectivity index (χ3v) is 12.0. The summed E-state index contributed by atoms with van der Waals surface area (Å²) in [5, 5.41) is 11.2. The van der Waals surface area contributed by atoms with Crippen molar-refractivity contribution in [2.75, 3.05) is 5.75 Å². The number of benzene rings is 1. The maximum atomic E-state index is 17.6. The van der Waals surface area contributed by atoms with Gasteiger partial charge in [0.05, 0.1) is 11.9 Å². The Kier molecular flexibility index (Phi) is 8.17. The summed E-state index contributed by atoms with van der Waals surface area (Å²) < 4.78 is 39.5. The summed E-state index contributed by atoms with van der Waals surface area (Å²) in [5.74, 6) is -3.70. The number of esters is 1. The van der Waals surface area contributed by atoms with Crippen molar-refractivity contribution in [3.05, 3.63) is 59.2 Å². The standard InChI is InChI=1S/C34H40F2O6S/c1-6-20-8-10-21(11-9-20)27(38)18-43-30(41)34(42-29(40)7-2)19(3)14-23-24-16-26(35)25-15-22(37)12-13-31(25,4)33(24,36)28(39)17-32(23,34)5/h8-13,15,19,23-24,26,28,39H,6-7,14,16-18H2,1-5H3/t19-,23+,24+,26+,28+,31+,32+,33+,34+/m1/s1. The molecule has 0 amide bonds. The molecule has 1 aromatic carbocycles. The second-order valence-electron chi connectivity index (χ2n) is 13.1. The van der Waals surface area contributed by atoms with Gasteiger partial charge in [-0.2, -0.15) is 0 Å². The van der Waals surface area contributed by atoms with Crippen LogP contribution in [0.2, 0.25) is 0 Å². The molecule has 232 valence electrons. The van der Waals surface area contributed by atoms with Crippen LogP contribution in [0.1, 0.15) is 76.2 Å². The first-order valence-corrected chi connectivity index (χ1v) is 16.2. The number of alkyl halides is 2. The van der Waals surface area contributed by atoms with E-state index in [1.165, 1.54) is 19.1 Å². The lowest BCUT2D eigenvalue weighted by Gasteiger charge is -2.63. The first-order valence-electron chi connectivity index (χ1n) is 15.2. The fourth-order valence-electron chi connectivity index (χ4n) is 8.72. The Morgan fingerprint density at radius 3 is 2.40 bits per heavy atom. The van der Waals surface area contributed by atoms with Crippen LogP contribution in [0.4, 0.5) is 8.78 Å². The maximum Gasteiger partial charge on any atom is 0.306 e. The lowest BCUT2D eigenvalue weighted by Crippen LogP contribution is -2.70. The SMILES string of the molecule is CCC(=O)O[C@]1(C(=O)SCC(=O)c2ccc(CC)cc2)[C@H](C)C[C@H]2[C@@H]3C[C@H](F)C4=CC(=O)C=C[C@]4(C)[C@@]3(F)[C@@H](O)C[C@@]21C. The molecule has 1 N–H and O–H groups in total.